The van der Waals surface area contributed by atoms with Gasteiger partial charge in [-0.3, -0.25) is 0 Å². The molecule has 1 atom stereocenters. The first-order chi connectivity index (χ1) is 4.81. The van der Waals surface area contributed by atoms with E-state index in [1.165, 1.54) is 19.3 Å². The SMILES string of the molecule is CCCCCC(N)CCO. The van der Waals surface area contributed by atoms with E-state index in [4.69, 9.17) is 10.8 Å². The summed E-state index contributed by atoms with van der Waals surface area (Å²) >= 11 is 0. The quantitative estimate of drug-likeness (QED) is 0.553. The summed E-state index contributed by atoms with van der Waals surface area (Å²) in [6, 6.07) is 0.219. The zero-order valence-electron chi connectivity index (χ0n) is 6.84. The Labute approximate surface area is 63.4 Å². The number of hydrogen-bond acceptors (Lipinski definition) is 2. The van der Waals surface area contributed by atoms with E-state index in [9.17, 15) is 0 Å². The highest BCUT2D eigenvalue weighted by molar-refractivity contribution is 4.59. The molecule has 0 aromatic carbocycles. The van der Waals surface area contributed by atoms with Gasteiger partial charge in [-0.05, 0) is 12.8 Å². The van der Waals surface area contributed by atoms with E-state index in [1.54, 1.807) is 0 Å². The molecule has 0 heterocycles. The summed E-state index contributed by atoms with van der Waals surface area (Å²) in [6.07, 6.45) is 5.53. The van der Waals surface area contributed by atoms with Crippen molar-refractivity contribution >= 4 is 0 Å². The molecule has 0 fully saturated rings. The zero-order chi connectivity index (χ0) is 7.82. The topological polar surface area (TPSA) is 46.2 Å². The Morgan fingerprint density at radius 2 is 2.00 bits per heavy atom. The van der Waals surface area contributed by atoms with Gasteiger partial charge in [0.05, 0.1) is 0 Å². The summed E-state index contributed by atoms with van der Waals surface area (Å²) in [4.78, 5) is 0. The van der Waals surface area contributed by atoms with Crippen molar-refractivity contribution in [3.8, 4) is 0 Å². The van der Waals surface area contributed by atoms with Gasteiger partial charge < -0.3 is 10.8 Å². The van der Waals surface area contributed by atoms with Crippen LogP contribution in [0.3, 0.4) is 0 Å². The van der Waals surface area contributed by atoms with Crippen LogP contribution >= 0.6 is 0 Å². The Bertz CT molecular complexity index is 66.3. The minimum atomic E-state index is 0.219. The van der Waals surface area contributed by atoms with Crippen molar-refractivity contribution in [1.82, 2.24) is 0 Å². The van der Waals surface area contributed by atoms with Crippen molar-refractivity contribution in [2.24, 2.45) is 5.73 Å². The highest BCUT2D eigenvalue weighted by atomic mass is 16.3. The molecule has 0 bridgehead atoms. The molecule has 0 rings (SSSR count). The lowest BCUT2D eigenvalue weighted by molar-refractivity contribution is 0.272. The van der Waals surface area contributed by atoms with Crippen LogP contribution in [-0.2, 0) is 0 Å². The average Bonchev–Trinajstić information content (AvgIpc) is 1.89. The van der Waals surface area contributed by atoms with E-state index in [2.05, 4.69) is 6.92 Å². The molecule has 0 saturated carbocycles. The Hall–Kier alpha value is -0.0800. The van der Waals surface area contributed by atoms with Crippen LogP contribution in [0.5, 0.6) is 0 Å². The molecular weight excluding hydrogens is 126 g/mol. The number of rotatable bonds is 6. The molecule has 1 unspecified atom stereocenters. The van der Waals surface area contributed by atoms with Crippen LogP contribution in [0.4, 0.5) is 0 Å². The summed E-state index contributed by atoms with van der Waals surface area (Å²) < 4.78 is 0. The van der Waals surface area contributed by atoms with Gasteiger partial charge in [0.1, 0.15) is 0 Å². The van der Waals surface area contributed by atoms with Crippen LogP contribution < -0.4 is 5.73 Å². The molecule has 0 saturated heterocycles. The number of aliphatic hydroxyl groups excluding tert-OH is 1. The van der Waals surface area contributed by atoms with Crippen LogP contribution in [0.2, 0.25) is 0 Å². The highest BCUT2D eigenvalue weighted by Crippen LogP contribution is 2.03. The van der Waals surface area contributed by atoms with Gasteiger partial charge in [0.15, 0.2) is 0 Å². The monoisotopic (exact) mass is 145 g/mol. The van der Waals surface area contributed by atoms with Crippen LogP contribution in [0.1, 0.15) is 39.0 Å². The number of hydrogen-bond donors (Lipinski definition) is 2. The third kappa shape index (κ3) is 6.05. The number of nitrogens with two attached hydrogens (primary N) is 1. The lowest BCUT2D eigenvalue weighted by Gasteiger charge is -2.07. The summed E-state index contributed by atoms with van der Waals surface area (Å²) in [7, 11) is 0. The molecule has 0 amide bonds. The van der Waals surface area contributed by atoms with Crippen molar-refractivity contribution in [1.29, 1.82) is 0 Å². The normalized spacial score (nSPS) is 13.5. The van der Waals surface area contributed by atoms with Crippen molar-refractivity contribution < 1.29 is 5.11 Å². The molecule has 62 valence electrons. The Kier molecular flexibility index (Phi) is 6.98. The molecule has 2 heteroatoms. The molecule has 10 heavy (non-hydrogen) atoms. The van der Waals surface area contributed by atoms with Crippen LogP contribution in [0.25, 0.3) is 0 Å². The highest BCUT2D eigenvalue weighted by Gasteiger charge is 1.99. The van der Waals surface area contributed by atoms with Gasteiger partial charge in [-0.1, -0.05) is 26.2 Å². The van der Waals surface area contributed by atoms with Gasteiger partial charge in [0.2, 0.25) is 0 Å². The first-order valence-electron chi connectivity index (χ1n) is 4.17. The molecular formula is C8H19NO. The fourth-order valence-electron chi connectivity index (χ4n) is 0.967. The van der Waals surface area contributed by atoms with E-state index in [1.807, 2.05) is 0 Å². The number of unbranched alkanes of at least 4 members (excludes halogenated alkanes) is 2. The second-order valence-electron chi connectivity index (χ2n) is 2.77. The number of aliphatic hydroxyl groups is 1. The Morgan fingerprint density at radius 1 is 1.30 bits per heavy atom. The predicted molar refractivity (Wildman–Crippen MR) is 43.8 cm³/mol. The Morgan fingerprint density at radius 3 is 2.50 bits per heavy atom. The fourth-order valence-corrected chi connectivity index (χ4v) is 0.967. The summed E-state index contributed by atoms with van der Waals surface area (Å²) in [5.74, 6) is 0. The van der Waals surface area contributed by atoms with Gasteiger partial charge in [-0.25, -0.2) is 0 Å². The smallest absolute Gasteiger partial charge is 0.0445 e. The predicted octanol–water partition coefficient (Wildman–Crippen LogP) is 1.28. The maximum Gasteiger partial charge on any atom is 0.0445 e. The van der Waals surface area contributed by atoms with E-state index in [0.717, 1.165) is 12.8 Å². The minimum absolute atomic E-state index is 0.219. The van der Waals surface area contributed by atoms with Crippen LogP contribution in [0, 0.1) is 0 Å². The maximum absolute atomic E-state index is 8.51. The van der Waals surface area contributed by atoms with Gasteiger partial charge in [-0.2, -0.15) is 0 Å². The Balaban J connectivity index is 2.97. The summed E-state index contributed by atoms with van der Waals surface area (Å²) in [5, 5.41) is 8.51. The maximum atomic E-state index is 8.51. The fraction of sp³-hybridized carbons (Fsp3) is 1.00. The third-order valence-electron chi connectivity index (χ3n) is 1.68. The molecule has 0 aromatic rings. The van der Waals surface area contributed by atoms with Crippen molar-refractivity contribution in [3.05, 3.63) is 0 Å². The van der Waals surface area contributed by atoms with Crippen molar-refractivity contribution in [2.45, 2.75) is 45.1 Å². The van der Waals surface area contributed by atoms with Crippen molar-refractivity contribution in [2.75, 3.05) is 6.61 Å². The summed E-state index contributed by atoms with van der Waals surface area (Å²) in [6.45, 7) is 2.41. The minimum Gasteiger partial charge on any atom is -0.396 e. The molecule has 2 nitrogen and oxygen atoms in total. The first-order valence-corrected chi connectivity index (χ1v) is 4.17. The van der Waals surface area contributed by atoms with E-state index in [0.29, 0.717) is 0 Å². The van der Waals surface area contributed by atoms with Gasteiger partial charge in [-0.15, -0.1) is 0 Å². The van der Waals surface area contributed by atoms with Crippen LogP contribution in [0.15, 0.2) is 0 Å². The van der Waals surface area contributed by atoms with Crippen LogP contribution in [-0.4, -0.2) is 17.8 Å². The molecule has 0 spiro atoms. The molecule has 0 aromatic heterocycles. The third-order valence-corrected chi connectivity index (χ3v) is 1.68. The molecule has 0 aliphatic carbocycles. The largest absolute Gasteiger partial charge is 0.396 e. The van der Waals surface area contributed by atoms with E-state index < -0.39 is 0 Å². The average molecular weight is 145 g/mol. The van der Waals surface area contributed by atoms with Gasteiger partial charge >= 0.3 is 0 Å². The lowest BCUT2D eigenvalue weighted by atomic mass is 10.1. The van der Waals surface area contributed by atoms with Crippen molar-refractivity contribution in [3.63, 3.8) is 0 Å². The van der Waals surface area contributed by atoms with Gasteiger partial charge in [0.25, 0.3) is 0 Å². The lowest BCUT2D eigenvalue weighted by Crippen LogP contribution is -2.20. The standard InChI is InChI=1S/C8H19NO/c1-2-3-4-5-8(9)6-7-10/h8,10H,2-7,9H2,1H3. The van der Waals surface area contributed by atoms with E-state index >= 15 is 0 Å². The molecule has 0 radical (unpaired) electrons. The second-order valence-corrected chi connectivity index (χ2v) is 2.77. The first kappa shape index (κ1) is 9.92. The zero-order valence-corrected chi connectivity index (χ0v) is 6.84. The second kappa shape index (κ2) is 7.03. The molecule has 3 N–H and O–H groups in total. The van der Waals surface area contributed by atoms with E-state index in [-0.39, 0.29) is 12.6 Å². The molecule has 0 aliphatic rings. The molecule has 0 aliphatic heterocycles. The summed E-state index contributed by atoms with van der Waals surface area (Å²) in [5.41, 5.74) is 5.66. The van der Waals surface area contributed by atoms with Gasteiger partial charge in [0, 0.05) is 12.6 Å².